The number of fused-ring (bicyclic) bond motifs is 2. The molecule has 7 nitrogen and oxygen atoms in total. The monoisotopic (exact) mass is 577 g/mol. The molecule has 0 aromatic heterocycles. The third-order valence-electron chi connectivity index (χ3n) is 8.50. The fraction of sp³-hybridized carbons (Fsp3) is 0.387. The van der Waals surface area contributed by atoms with E-state index in [0.29, 0.717) is 30.3 Å². The van der Waals surface area contributed by atoms with E-state index in [9.17, 15) is 19.5 Å². The number of aliphatic hydroxyl groups excluding tert-OH is 1. The molecule has 40 heavy (non-hydrogen) atoms. The lowest BCUT2D eigenvalue weighted by atomic mass is 9.78. The van der Waals surface area contributed by atoms with Crippen molar-refractivity contribution in [2.24, 2.45) is 11.8 Å². The molecule has 4 heterocycles. The smallest absolute Gasteiger partial charge is 0.251 e. The predicted molar refractivity (Wildman–Crippen MR) is 157 cm³/mol. The Morgan fingerprint density at radius 3 is 2.45 bits per heavy atom. The Balaban J connectivity index is 1.50. The molecule has 2 aromatic rings. The second-order valence-electron chi connectivity index (χ2n) is 10.7. The van der Waals surface area contributed by atoms with Gasteiger partial charge in [-0.2, -0.15) is 0 Å². The highest BCUT2D eigenvalue weighted by Crippen LogP contribution is 2.62. The van der Waals surface area contributed by atoms with Crippen LogP contribution in [0.4, 0.5) is 5.69 Å². The van der Waals surface area contributed by atoms with Crippen LogP contribution >= 0.6 is 23.4 Å². The van der Waals surface area contributed by atoms with Gasteiger partial charge in [-0.15, -0.1) is 11.8 Å². The zero-order valence-electron chi connectivity index (χ0n) is 22.2. The Bertz CT molecular complexity index is 1370. The molecule has 0 bridgehead atoms. The fourth-order valence-corrected chi connectivity index (χ4v) is 8.94. The molecule has 9 heteroatoms. The Hall–Kier alpha value is -3.07. The van der Waals surface area contributed by atoms with Gasteiger partial charge in [0.15, 0.2) is 0 Å². The number of carbonyl (C=O) groups is 3. The van der Waals surface area contributed by atoms with Crippen molar-refractivity contribution in [1.29, 1.82) is 0 Å². The van der Waals surface area contributed by atoms with Crippen molar-refractivity contribution in [2.75, 3.05) is 31.1 Å². The van der Waals surface area contributed by atoms with E-state index in [1.54, 1.807) is 45.8 Å². The van der Waals surface area contributed by atoms with E-state index in [4.69, 9.17) is 11.6 Å². The van der Waals surface area contributed by atoms with E-state index in [-0.39, 0.29) is 29.6 Å². The van der Waals surface area contributed by atoms with Gasteiger partial charge in [0.25, 0.3) is 5.91 Å². The highest BCUT2D eigenvalue weighted by Gasteiger charge is 2.71. The molecular weight excluding hydrogens is 546 g/mol. The standard InChI is InChI=1S/C31H32ClN3O4S/c1-2-16-33-17-6-10-24-25(28(33)37)26-29(38)35(23(19-36)20-8-4-3-5-9-20)27-30(39)34(18-7-15-31(26,27)40-24)22-13-11-21(32)12-14-22/h3-15,23-27,36H,2,16-19H2,1H3/t23-,24-,25+,26+,27?,31+/m1/s1. The predicted octanol–water partition coefficient (Wildman–Crippen LogP) is 4.08. The minimum atomic E-state index is -0.956. The van der Waals surface area contributed by atoms with Crippen LogP contribution in [0.5, 0.6) is 0 Å². The number of carbonyl (C=O) groups excluding carboxylic acids is 3. The second kappa shape index (κ2) is 10.7. The molecule has 1 unspecified atom stereocenters. The van der Waals surface area contributed by atoms with Crippen LogP contribution in [0.15, 0.2) is 78.9 Å². The number of nitrogens with zero attached hydrogens (tertiary/aromatic N) is 3. The van der Waals surface area contributed by atoms with E-state index in [1.807, 2.05) is 66.5 Å². The van der Waals surface area contributed by atoms with Crippen LogP contribution in [0.25, 0.3) is 0 Å². The topological polar surface area (TPSA) is 81.2 Å². The third-order valence-corrected chi connectivity index (χ3v) is 10.5. The van der Waals surface area contributed by atoms with Gasteiger partial charge in [-0.1, -0.05) is 73.2 Å². The van der Waals surface area contributed by atoms with Gasteiger partial charge in [0.1, 0.15) is 6.04 Å². The molecule has 2 aromatic carbocycles. The van der Waals surface area contributed by atoms with Crippen molar-refractivity contribution in [3.8, 4) is 0 Å². The van der Waals surface area contributed by atoms with E-state index < -0.39 is 28.7 Å². The average Bonchev–Trinajstić information content (AvgIpc) is 3.28. The molecule has 0 aliphatic carbocycles. The van der Waals surface area contributed by atoms with Gasteiger partial charge in [-0.25, -0.2) is 0 Å². The zero-order valence-corrected chi connectivity index (χ0v) is 23.8. The molecule has 208 valence electrons. The van der Waals surface area contributed by atoms with Crippen molar-refractivity contribution in [3.63, 3.8) is 0 Å². The Morgan fingerprint density at radius 1 is 1.00 bits per heavy atom. The fourth-order valence-electron chi connectivity index (χ4n) is 6.82. The second-order valence-corrected chi connectivity index (χ2v) is 12.7. The molecule has 2 fully saturated rings. The van der Waals surface area contributed by atoms with Crippen LogP contribution < -0.4 is 4.90 Å². The van der Waals surface area contributed by atoms with Gasteiger partial charge >= 0.3 is 0 Å². The number of hydrogen-bond acceptors (Lipinski definition) is 5. The Kier molecular flexibility index (Phi) is 7.27. The molecule has 2 saturated heterocycles. The summed E-state index contributed by atoms with van der Waals surface area (Å²) in [7, 11) is 0. The van der Waals surface area contributed by atoms with E-state index in [1.165, 1.54) is 0 Å². The van der Waals surface area contributed by atoms with E-state index in [0.717, 1.165) is 12.0 Å². The number of amides is 3. The van der Waals surface area contributed by atoms with Crippen LogP contribution in [0.1, 0.15) is 24.9 Å². The van der Waals surface area contributed by atoms with Crippen molar-refractivity contribution < 1.29 is 19.5 Å². The maximum atomic E-state index is 14.6. The molecule has 1 spiro atoms. The van der Waals surface area contributed by atoms with Crippen LogP contribution in [-0.2, 0) is 14.4 Å². The molecule has 0 saturated carbocycles. The average molecular weight is 578 g/mol. The highest BCUT2D eigenvalue weighted by molar-refractivity contribution is 8.02. The number of benzene rings is 2. The first-order valence-electron chi connectivity index (χ1n) is 13.8. The summed E-state index contributed by atoms with van der Waals surface area (Å²) >= 11 is 7.69. The summed E-state index contributed by atoms with van der Waals surface area (Å²) in [6.07, 6.45) is 8.83. The van der Waals surface area contributed by atoms with Gasteiger partial charge in [-0.05, 0) is 36.2 Å². The third kappa shape index (κ3) is 4.19. The molecule has 4 aliphatic heterocycles. The number of halogens is 1. The number of hydrogen-bond donors (Lipinski definition) is 1. The number of rotatable bonds is 6. The lowest BCUT2D eigenvalue weighted by molar-refractivity contribution is -0.144. The van der Waals surface area contributed by atoms with Gasteiger partial charge in [0.05, 0.1) is 29.2 Å². The first kappa shape index (κ1) is 27.1. The van der Waals surface area contributed by atoms with Gasteiger partial charge < -0.3 is 19.8 Å². The number of aliphatic hydroxyl groups is 1. The SMILES string of the molecule is CCCN1CC=C[C@H]2S[C@]34C=CCN(c5ccc(Cl)cc5)C(=O)C3N([C@H](CO)c3ccccc3)C(=O)[C@@H]4[C@H]2C1=O. The normalized spacial score (nSPS) is 30.2. The summed E-state index contributed by atoms with van der Waals surface area (Å²) in [5.41, 5.74) is 1.42. The summed E-state index contributed by atoms with van der Waals surface area (Å²) in [5.74, 6) is -1.86. The van der Waals surface area contributed by atoms with Crippen molar-refractivity contribution in [2.45, 2.75) is 35.4 Å². The number of anilines is 1. The van der Waals surface area contributed by atoms with Crippen molar-refractivity contribution in [1.82, 2.24) is 9.80 Å². The molecule has 6 rings (SSSR count). The quantitative estimate of drug-likeness (QED) is 0.523. The van der Waals surface area contributed by atoms with Gasteiger partial charge in [-0.3, -0.25) is 14.4 Å². The van der Waals surface area contributed by atoms with Crippen molar-refractivity contribution in [3.05, 3.63) is 89.5 Å². The van der Waals surface area contributed by atoms with Crippen LogP contribution in [0.3, 0.4) is 0 Å². The summed E-state index contributed by atoms with van der Waals surface area (Å²) in [6, 6.07) is 14.8. The minimum Gasteiger partial charge on any atom is -0.394 e. The maximum absolute atomic E-state index is 14.6. The lowest BCUT2D eigenvalue weighted by Crippen LogP contribution is -2.54. The molecule has 4 aliphatic rings. The number of likely N-dealkylation sites (tertiary alicyclic amines) is 1. The van der Waals surface area contributed by atoms with Gasteiger partial charge in [0.2, 0.25) is 11.8 Å². The van der Waals surface area contributed by atoms with Crippen LogP contribution in [0, 0.1) is 11.8 Å². The summed E-state index contributed by atoms with van der Waals surface area (Å²) in [5, 5.41) is 11.0. The van der Waals surface area contributed by atoms with Crippen molar-refractivity contribution >= 4 is 46.8 Å². The molecular formula is C31H32ClN3O4S. The van der Waals surface area contributed by atoms with Crippen LogP contribution in [0.2, 0.25) is 5.02 Å². The summed E-state index contributed by atoms with van der Waals surface area (Å²) in [4.78, 5) is 48.3. The zero-order chi connectivity index (χ0) is 28.0. The van der Waals surface area contributed by atoms with Gasteiger partial charge in [0, 0.05) is 35.6 Å². The molecule has 3 amide bonds. The Labute approximate surface area is 243 Å². The Morgan fingerprint density at radius 2 is 1.75 bits per heavy atom. The molecule has 6 atom stereocenters. The summed E-state index contributed by atoms with van der Waals surface area (Å²) < 4.78 is -0.956. The molecule has 1 N–H and O–H groups in total. The maximum Gasteiger partial charge on any atom is 0.251 e. The van der Waals surface area contributed by atoms with E-state index in [2.05, 4.69) is 0 Å². The van der Waals surface area contributed by atoms with Crippen LogP contribution in [-0.4, -0.2) is 74.9 Å². The number of thioether (sulfide) groups is 1. The van der Waals surface area contributed by atoms with E-state index >= 15 is 0 Å². The highest BCUT2D eigenvalue weighted by atomic mass is 35.5. The molecule has 0 radical (unpaired) electrons. The first-order valence-corrected chi connectivity index (χ1v) is 15.0. The first-order chi connectivity index (χ1) is 19.4. The minimum absolute atomic E-state index is 0.0416. The lowest BCUT2D eigenvalue weighted by Gasteiger charge is -2.38. The summed E-state index contributed by atoms with van der Waals surface area (Å²) in [6.45, 7) is 3.14. The largest absolute Gasteiger partial charge is 0.394 e.